The summed E-state index contributed by atoms with van der Waals surface area (Å²) in [6.45, 7) is 0. The van der Waals surface area contributed by atoms with Crippen LogP contribution in [0.3, 0.4) is 0 Å². The van der Waals surface area contributed by atoms with E-state index in [1.807, 2.05) is 24.3 Å². The van der Waals surface area contributed by atoms with Crippen LogP contribution in [0.4, 0.5) is 0 Å². The van der Waals surface area contributed by atoms with Crippen molar-refractivity contribution in [2.45, 2.75) is 5.92 Å². The lowest BCUT2D eigenvalue weighted by Crippen LogP contribution is -1.95. The molecule has 1 aliphatic carbocycles. The summed E-state index contributed by atoms with van der Waals surface area (Å²) < 4.78 is 0. The highest BCUT2D eigenvalue weighted by Crippen LogP contribution is 2.37. The summed E-state index contributed by atoms with van der Waals surface area (Å²) in [6, 6.07) is 12.7. The fourth-order valence-corrected chi connectivity index (χ4v) is 2.27. The summed E-state index contributed by atoms with van der Waals surface area (Å²) >= 11 is 0. The molecule has 0 heterocycles. The van der Waals surface area contributed by atoms with E-state index in [-0.39, 0.29) is 11.7 Å². The number of nitrogens with two attached hydrogens (primary N) is 3. The summed E-state index contributed by atoms with van der Waals surface area (Å²) in [5.41, 5.74) is 16.9. The zero-order valence-corrected chi connectivity index (χ0v) is 13.9. The molecule has 126 valence electrons. The van der Waals surface area contributed by atoms with Crippen LogP contribution in [0.25, 0.3) is 6.08 Å². The lowest BCUT2D eigenvalue weighted by Gasteiger charge is -2.11. The molecule has 0 radical (unpaired) electrons. The summed E-state index contributed by atoms with van der Waals surface area (Å²) in [5.74, 6) is 0.785. The van der Waals surface area contributed by atoms with Crippen molar-refractivity contribution in [2.75, 3.05) is 21.1 Å². The first-order chi connectivity index (χ1) is 11.2. The molecule has 0 saturated heterocycles. The number of rotatable bonds is 1. The Kier molecular flexibility index (Phi) is 10.1. The summed E-state index contributed by atoms with van der Waals surface area (Å²) in [5, 5.41) is 18.7. The van der Waals surface area contributed by atoms with E-state index in [0.29, 0.717) is 5.75 Å². The van der Waals surface area contributed by atoms with Gasteiger partial charge in [0.1, 0.15) is 11.5 Å². The predicted molar refractivity (Wildman–Crippen MR) is 97.4 cm³/mol. The van der Waals surface area contributed by atoms with Gasteiger partial charge in [-0.2, -0.15) is 0 Å². The van der Waals surface area contributed by atoms with Crippen LogP contribution in [0.15, 0.2) is 48.5 Å². The maximum atomic E-state index is 9.42. The number of aromatic hydroxyl groups is 2. The van der Waals surface area contributed by atoms with Crippen molar-refractivity contribution in [2.24, 2.45) is 17.2 Å². The lowest BCUT2D eigenvalue weighted by atomic mass is 9.93. The molecule has 5 nitrogen and oxygen atoms in total. The van der Waals surface area contributed by atoms with Gasteiger partial charge in [-0.3, -0.25) is 0 Å². The number of fused-ring (bicyclic) bond motifs is 1. The predicted octanol–water partition coefficient (Wildman–Crippen LogP) is 1.98. The number of hydrogen-bond acceptors (Lipinski definition) is 5. The first-order valence-corrected chi connectivity index (χ1v) is 7.27. The molecule has 8 N–H and O–H groups in total. The average molecular weight is 317 g/mol. The van der Waals surface area contributed by atoms with Gasteiger partial charge in [-0.15, -0.1) is 0 Å². The third kappa shape index (κ3) is 5.41. The number of phenolic OH excluding ortho intramolecular Hbond substituents is 2. The van der Waals surface area contributed by atoms with E-state index >= 15 is 0 Å². The van der Waals surface area contributed by atoms with Gasteiger partial charge in [0.05, 0.1) is 0 Å². The van der Waals surface area contributed by atoms with E-state index in [0.717, 1.165) is 11.1 Å². The molecular weight excluding hydrogens is 290 g/mol. The Morgan fingerprint density at radius 1 is 0.739 bits per heavy atom. The molecule has 3 rings (SSSR count). The van der Waals surface area contributed by atoms with Gasteiger partial charge in [-0.05, 0) is 62.1 Å². The maximum absolute atomic E-state index is 9.42. The highest BCUT2D eigenvalue weighted by atomic mass is 16.3. The third-order valence-corrected chi connectivity index (χ3v) is 3.13. The number of phenols is 2. The van der Waals surface area contributed by atoms with E-state index in [1.54, 1.807) is 24.3 Å². The van der Waals surface area contributed by atoms with E-state index in [4.69, 9.17) is 0 Å². The minimum Gasteiger partial charge on any atom is -0.508 e. The molecule has 0 aliphatic heterocycles. The zero-order valence-electron chi connectivity index (χ0n) is 13.9. The maximum Gasteiger partial charge on any atom is 0.116 e. The van der Waals surface area contributed by atoms with Crippen LogP contribution in [-0.4, -0.2) is 31.4 Å². The quantitative estimate of drug-likeness (QED) is 0.551. The van der Waals surface area contributed by atoms with Gasteiger partial charge in [0, 0.05) is 5.92 Å². The zero-order chi connectivity index (χ0) is 17.8. The summed E-state index contributed by atoms with van der Waals surface area (Å²) in [7, 11) is 4.50. The van der Waals surface area contributed by atoms with E-state index in [9.17, 15) is 10.2 Å². The monoisotopic (exact) mass is 317 g/mol. The third-order valence-electron chi connectivity index (χ3n) is 3.13. The van der Waals surface area contributed by atoms with E-state index in [1.165, 1.54) is 26.7 Å². The second-order valence-electron chi connectivity index (χ2n) is 4.24. The largest absolute Gasteiger partial charge is 0.508 e. The fraction of sp³-hybridized carbons (Fsp3) is 0.222. The van der Waals surface area contributed by atoms with Gasteiger partial charge < -0.3 is 27.4 Å². The van der Waals surface area contributed by atoms with Crippen LogP contribution >= 0.6 is 0 Å². The molecular formula is C18H27N3O2. The Morgan fingerprint density at radius 3 is 1.83 bits per heavy atom. The van der Waals surface area contributed by atoms with Gasteiger partial charge >= 0.3 is 0 Å². The van der Waals surface area contributed by atoms with Crippen molar-refractivity contribution < 1.29 is 10.2 Å². The molecule has 2 aromatic rings. The molecule has 23 heavy (non-hydrogen) atoms. The summed E-state index contributed by atoms with van der Waals surface area (Å²) in [6.07, 6.45) is 4.13. The standard InChI is InChI=1S/C15H12O2.3CH5N/c16-12-4-1-10(2-5-12)14-7-3-11-9-13(17)6-8-15(11)14;3*1-2/h1-9,14,16-17H;3*2H2,1H3. The summed E-state index contributed by atoms with van der Waals surface area (Å²) in [4.78, 5) is 0. The van der Waals surface area contributed by atoms with Crippen molar-refractivity contribution in [1.29, 1.82) is 0 Å². The Labute approximate surface area is 138 Å². The van der Waals surface area contributed by atoms with Crippen LogP contribution < -0.4 is 17.2 Å². The van der Waals surface area contributed by atoms with Gasteiger partial charge in [-0.1, -0.05) is 30.4 Å². The molecule has 2 aromatic carbocycles. The van der Waals surface area contributed by atoms with Gasteiger partial charge in [-0.25, -0.2) is 0 Å². The molecule has 0 bridgehead atoms. The van der Waals surface area contributed by atoms with Gasteiger partial charge in [0.15, 0.2) is 0 Å². The Balaban J connectivity index is 0.000000728. The lowest BCUT2D eigenvalue weighted by molar-refractivity contribution is 0.475. The van der Waals surface area contributed by atoms with Crippen LogP contribution in [0, 0.1) is 0 Å². The van der Waals surface area contributed by atoms with Crippen LogP contribution in [0.5, 0.6) is 11.5 Å². The topological polar surface area (TPSA) is 119 Å². The molecule has 0 fully saturated rings. The SMILES string of the molecule is CN.CN.CN.Oc1ccc(C2C=Cc3cc(O)ccc32)cc1. The van der Waals surface area contributed by atoms with Crippen molar-refractivity contribution in [3.05, 3.63) is 65.2 Å². The molecule has 1 atom stereocenters. The second-order valence-corrected chi connectivity index (χ2v) is 4.24. The smallest absolute Gasteiger partial charge is 0.116 e. The first-order valence-electron chi connectivity index (χ1n) is 7.27. The van der Waals surface area contributed by atoms with Crippen molar-refractivity contribution in [3.8, 4) is 11.5 Å². The van der Waals surface area contributed by atoms with Gasteiger partial charge in [0.25, 0.3) is 0 Å². The average Bonchev–Trinajstić information content (AvgIpc) is 3.04. The first kappa shape index (κ1) is 20.7. The fourth-order valence-electron chi connectivity index (χ4n) is 2.27. The van der Waals surface area contributed by atoms with E-state index in [2.05, 4.69) is 23.3 Å². The minimum atomic E-state index is 0.214. The van der Waals surface area contributed by atoms with Crippen LogP contribution in [0.2, 0.25) is 0 Å². The number of allylic oxidation sites excluding steroid dienone is 1. The number of benzene rings is 2. The molecule has 0 amide bonds. The van der Waals surface area contributed by atoms with Crippen LogP contribution in [-0.2, 0) is 0 Å². The second kappa shape index (κ2) is 11.3. The Morgan fingerprint density at radius 2 is 1.26 bits per heavy atom. The minimum absolute atomic E-state index is 0.214. The highest BCUT2D eigenvalue weighted by molar-refractivity contribution is 5.66. The van der Waals surface area contributed by atoms with Crippen molar-refractivity contribution in [1.82, 2.24) is 0 Å². The molecule has 0 saturated carbocycles. The molecule has 1 aliphatic rings. The van der Waals surface area contributed by atoms with Crippen molar-refractivity contribution in [3.63, 3.8) is 0 Å². The molecule has 5 heteroatoms. The Hall–Kier alpha value is -2.34. The Bertz CT molecular complexity index is 596. The number of hydrogen-bond donors (Lipinski definition) is 5. The highest BCUT2D eigenvalue weighted by Gasteiger charge is 2.19. The molecule has 1 unspecified atom stereocenters. The normalized spacial score (nSPS) is 13.4. The molecule has 0 spiro atoms. The van der Waals surface area contributed by atoms with E-state index < -0.39 is 0 Å². The van der Waals surface area contributed by atoms with Gasteiger partial charge in [0.2, 0.25) is 0 Å². The molecule has 0 aromatic heterocycles. The van der Waals surface area contributed by atoms with Crippen LogP contribution in [0.1, 0.15) is 22.6 Å². The van der Waals surface area contributed by atoms with Crippen molar-refractivity contribution >= 4 is 6.08 Å².